The second kappa shape index (κ2) is 8.56. The minimum Gasteiger partial charge on any atom is -0.360 e. The van der Waals surface area contributed by atoms with Crippen LogP contribution in [-0.4, -0.2) is 29.7 Å². The smallest absolute Gasteiger partial charge is 0.258 e. The molecule has 35 heavy (non-hydrogen) atoms. The van der Waals surface area contributed by atoms with E-state index in [2.05, 4.69) is 49.9 Å². The summed E-state index contributed by atoms with van der Waals surface area (Å²) in [5, 5.41) is 11.4. The van der Waals surface area contributed by atoms with Crippen molar-refractivity contribution < 1.29 is 0 Å². The van der Waals surface area contributed by atoms with Crippen LogP contribution in [-0.2, 0) is 0 Å². The number of aromatic nitrogens is 6. The van der Waals surface area contributed by atoms with Gasteiger partial charge in [0.2, 0.25) is 0 Å². The summed E-state index contributed by atoms with van der Waals surface area (Å²) in [6.45, 7) is 4.09. The van der Waals surface area contributed by atoms with Crippen molar-refractivity contribution in [3.8, 4) is 17.1 Å². The Kier molecular flexibility index (Phi) is 5.22. The highest BCUT2D eigenvalue weighted by Gasteiger charge is 2.23. The highest BCUT2D eigenvalue weighted by molar-refractivity contribution is 7.99. The molecule has 1 atom stereocenters. The van der Waals surface area contributed by atoms with Crippen molar-refractivity contribution in [3.05, 3.63) is 101 Å². The first-order valence-corrected chi connectivity index (χ1v) is 12.2. The van der Waals surface area contributed by atoms with Gasteiger partial charge in [0.15, 0.2) is 11.0 Å². The number of para-hydroxylation sites is 3. The lowest BCUT2D eigenvalue weighted by atomic mass is 10.1. The van der Waals surface area contributed by atoms with E-state index in [1.165, 1.54) is 11.8 Å². The molecule has 0 spiro atoms. The van der Waals surface area contributed by atoms with Crippen LogP contribution in [0.4, 0.5) is 0 Å². The van der Waals surface area contributed by atoms with Crippen LogP contribution in [0.1, 0.15) is 23.6 Å². The molecule has 3 heterocycles. The molecule has 3 aromatic carbocycles. The van der Waals surface area contributed by atoms with Gasteiger partial charge in [-0.25, -0.2) is 4.98 Å². The lowest BCUT2D eigenvalue weighted by Gasteiger charge is -2.15. The number of thioether (sulfide) groups is 1. The monoisotopic (exact) mass is 478 g/mol. The maximum atomic E-state index is 12.6. The van der Waals surface area contributed by atoms with Crippen LogP contribution in [0.3, 0.4) is 0 Å². The lowest BCUT2D eigenvalue weighted by molar-refractivity contribution is 0.859. The van der Waals surface area contributed by atoms with Gasteiger partial charge in [-0.05, 0) is 43.7 Å². The Morgan fingerprint density at radius 3 is 2.51 bits per heavy atom. The van der Waals surface area contributed by atoms with Gasteiger partial charge in [-0.3, -0.25) is 9.36 Å². The molecule has 0 fully saturated rings. The van der Waals surface area contributed by atoms with E-state index in [4.69, 9.17) is 4.98 Å². The number of hydrogen-bond donors (Lipinski definition) is 2. The minimum atomic E-state index is -0.157. The van der Waals surface area contributed by atoms with Crippen molar-refractivity contribution in [3.63, 3.8) is 0 Å². The van der Waals surface area contributed by atoms with Gasteiger partial charge in [0.25, 0.3) is 5.56 Å². The van der Waals surface area contributed by atoms with Gasteiger partial charge < -0.3 is 9.97 Å². The highest BCUT2D eigenvalue weighted by Crippen LogP contribution is 2.38. The number of H-pyrrole nitrogens is 2. The van der Waals surface area contributed by atoms with Gasteiger partial charge >= 0.3 is 0 Å². The first-order chi connectivity index (χ1) is 17.1. The third-order valence-electron chi connectivity index (χ3n) is 6.12. The normalized spacial score (nSPS) is 12.4. The van der Waals surface area contributed by atoms with Gasteiger partial charge in [0, 0.05) is 22.7 Å². The Hall–Kier alpha value is -4.17. The van der Waals surface area contributed by atoms with E-state index >= 15 is 0 Å². The van der Waals surface area contributed by atoms with Crippen molar-refractivity contribution in [1.29, 1.82) is 0 Å². The van der Waals surface area contributed by atoms with Crippen molar-refractivity contribution in [2.24, 2.45) is 0 Å². The van der Waals surface area contributed by atoms with Crippen LogP contribution >= 0.6 is 11.8 Å². The van der Waals surface area contributed by atoms with Crippen molar-refractivity contribution in [2.75, 3.05) is 0 Å². The average molecular weight is 479 g/mol. The molecule has 2 N–H and O–H groups in total. The zero-order valence-corrected chi connectivity index (χ0v) is 20.0. The molecule has 8 heteroatoms. The van der Waals surface area contributed by atoms with E-state index in [1.807, 2.05) is 61.7 Å². The summed E-state index contributed by atoms with van der Waals surface area (Å²) in [7, 11) is 0. The summed E-state index contributed by atoms with van der Waals surface area (Å²) in [5.74, 6) is 1.36. The van der Waals surface area contributed by atoms with Gasteiger partial charge in [-0.1, -0.05) is 60.3 Å². The van der Waals surface area contributed by atoms with Crippen LogP contribution in [0.5, 0.6) is 0 Å². The molecular weight excluding hydrogens is 456 g/mol. The molecule has 0 radical (unpaired) electrons. The Morgan fingerprint density at radius 1 is 0.914 bits per heavy atom. The molecule has 6 aromatic rings. The number of aryl methyl sites for hydroxylation is 1. The quantitative estimate of drug-likeness (QED) is 0.305. The summed E-state index contributed by atoms with van der Waals surface area (Å²) in [4.78, 5) is 23.6. The van der Waals surface area contributed by atoms with Crippen LogP contribution in [0.2, 0.25) is 0 Å². The summed E-state index contributed by atoms with van der Waals surface area (Å²) in [5.41, 5.74) is 4.68. The van der Waals surface area contributed by atoms with Crippen molar-refractivity contribution >= 4 is 33.6 Å². The number of aromatic amines is 2. The van der Waals surface area contributed by atoms with Crippen molar-refractivity contribution in [1.82, 2.24) is 29.7 Å². The Balaban J connectivity index is 1.48. The molecule has 0 bridgehead atoms. The second-order valence-corrected chi connectivity index (χ2v) is 9.71. The fourth-order valence-electron chi connectivity index (χ4n) is 4.32. The Morgan fingerprint density at radius 2 is 1.66 bits per heavy atom. The summed E-state index contributed by atoms with van der Waals surface area (Å²) in [6, 6.07) is 23.7. The number of rotatable bonds is 5. The maximum absolute atomic E-state index is 12.6. The number of nitrogens with one attached hydrogen (secondary N) is 2. The molecule has 0 amide bonds. The molecule has 172 valence electrons. The number of hydrogen-bond acceptors (Lipinski definition) is 5. The van der Waals surface area contributed by atoms with Crippen LogP contribution in [0.15, 0.2) is 88.9 Å². The Bertz CT molecular complexity index is 1750. The first-order valence-electron chi connectivity index (χ1n) is 11.3. The van der Waals surface area contributed by atoms with E-state index in [1.54, 1.807) is 6.07 Å². The molecule has 1 unspecified atom stereocenters. The number of benzene rings is 3. The van der Waals surface area contributed by atoms with Gasteiger partial charge in [0.05, 0.1) is 21.8 Å². The Labute approximate surface area is 205 Å². The topological polar surface area (TPSA) is 92.2 Å². The van der Waals surface area contributed by atoms with Gasteiger partial charge in [-0.15, -0.1) is 10.2 Å². The largest absolute Gasteiger partial charge is 0.360 e. The summed E-state index contributed by atoms with van der Waals surface area (Å²) < 4.78 is 2.09. The maximum Gasteiger partial charge on any atom is 0.258 e. The molecule has 6 rings (SSSR count). The molecular formula is C27H22N6OS. The minimum absolute atomic E-state index is 0.141. The second-order valence-electron chi connectivity index (χ2n) is 8.40. The zero-order valence-electron chi connectivity index (χ0n) is 19.2. The van der Waals surface area contributed by atoms with Crippen LogP contribution in [0, 0.1) is 6.92 Å². The SMILES string of the molecule is Cc1ccccc1-n1c(SC(C)c2nc3ccccc3c(=O)[nH]2)nnc1-c1c[nH]c2ccccc12. The standard InChI is InChI=1S/C27H22N6OS/c1-16-9-3-8-14-23(16)33-25(20-15-28-21-12-6-4-10-18(20)21)31-32-27(33)35-17(2)24-29-22-13-7-5-11-19(22)26(34)30-24/h3-15,17,28H,1-2H3,(H,29,30,34). The zero-order chi connectivity index (χ0) is 23.9. The first kappa shape index (κ1) is 21.4. The molecule has 0 aliphatic heterocycles. The average Bonchev–Trinajstić information content (AvgIpc) is 3.48. The van der Waals surface area contributed by atoms with E-state index in [0.717, 1.165) is 38.7 Å². The van der Waals surface area contributed by atoms with Gasteiger partial charge in [-0.2, -0.15) is 0 Å². The van der Waals surface area contributed by atoms with Gasteiger partial charge in [0.1, 0.15) is 5.82 Å². The predicted octanol–water partition coefficient (Wildman–Crippen LogP) is 5.81. The molecule has 0 aliphatic rings. The molecule has 0 saturated carbocycles. The van der Waals surface area contributed by atoms with Crippen LogP contribution in [0.25, 0.3) is 38.9 Å². The fraction of sp³-hybridized carbons (Fsp3) is 0.111. The third-order valence-corrected chi connectivity index (χ3v) is 7.17. The summed E-state index contributed by atoms with van der Waals surface area (Å²) in [6.07, 6.45) is 1.98. The molecule has 7 nitrogen and oxygen atoms in total. The van der Waals surface area contributed by atoms with Crippen molar-refractivity contribution in [2.45, 2.75) is 24.3 Å². The van der Waals surface area contributed by atoms with Crippen LogP contribution < -0.4 is 5.56 Å². The number of fused-ring (bicyclic) bond motifs is 2. The fourth-order valence-corrected chi connectivity index (χ4v) is 5.24. The lowest BCUT2D eigenvalue weighted by Crippen LogP contribution is -2.13. The van der Waals surface area contributed by atoms with E-state index in [9.17, 15) is 4.79 Å². The highest BCUT2D eigenvalue weighted by atomic mass is 32.2. The predicted molar refractivity (Wildman–Crippen MR) is 140 cm³/mol. The molecule has 0 saturated heterocycles. The molecule has 0 aliphatic carbocycles. The van der Waals surface area contributed by atoms with E-state index in [-0.39, 0.29) is 10.8 Å². The summed E-state index contributed by atoms with van der Waals surface area (Å²) >= 11 is 1.51. The number of nitrogens with zero attached hydrogens (tertiary/aromatic N) is 4. The third kappa shape index (κ3) is 3.72. The molecule has 3 aromatic heterocycles. The van der Waals surface area contributed by atoms with E-state index < -0.39 is 0 Å². The van der Waals surface area contributed by atoms with E-state index in [0.29, 0.717) is 16.7 Å².